The van der Waals surface area contributed by atoms with E-state index in [1.165, 1.54) is 4.90 Å². The van der Waals surface area contributed by atoms with Crippen LogP contribution >= 0.6 is 0 Å². The maximum Gasteiger partial charge on any atom is 0.315 e. The van der Waals surface area contributed by atoms with Crippen molar-refractivity contribution in [2.24, 2.45) is 17.1 Å². The summed E-state index contributed by atoms with van der Waals surface area (Å²) in [4.78, 5) is 66.4. The minimum absolute atomic E-state index is 0.188. The average Bonchev–Trinajstić information content (AvgIpc) is 3.62. The number of phenolic OH excluding ortho intramolecular Hbond substituents is 1. The van der Waals surface area contributed by atoms with Gasteiger partial charge in [-0.05, 0) is 61.5 Å². The molecule has 2 saturated carbocycles. The summed E-state index contributed by atoms with van der Waals surface area (Å²) in [6.07, 6.45) is 8.15. The Balaban J connectivity index is 1.47. The van der Waals surface area contributed by atoms with Gasteiger partial charge in [-0.15, -0.1) is 0 Å². The van der Waals surface area contributed by atoms with Crippen molar-refractivity contribution in [3.63, 3.8) is 0 Å². The Hall–Kier alpha value is -3.63. The molecule has 2 aliphatic carbocycles. The Morgan fingerprint density at radius 1 is 1.00 bits per heavy atom. The normalized spacial score (nSPS) is 21.4. The lowest BCUT2D eigenvalue weighted by Crippen LogP contribution is -2.62. The first-order chi connectivity index (χ1) is 20.3. The Labute approximate surface area is 253 Å². The molecule has 3 aliphatic rings. The smallest absolute Gasteiger partial charge is 0.315 e. The minimum atomic E-state index is -1.09. The number of ketones is 1. The second-order valence-corrected chi connectivity index (χ2v) is 13.7. The first-order valence-electron chi connectivity index (χ1n) is 15.6. The van der Waals surface area contributed by atoms with Crippen LogP contribution in [0.1, 0.15) is 90.5 Å². The number of aromatic hydroxyl groups is 1. The molecule has 236 valence electrons. The van der Waals surface area contributed by atoms with Crippen LogP contribution in [0.4, 0.5) is 4.79 Å². The molecule has 3 fully saturated rings. The van der Waals surface area contributed by atoms with Crippen LogP contribution in [0, 0.1) is 11.3 Å². The predicted octanol–water partition coefficient (Wildman–Crippen LogP) is 2.68. The van der Waals surface area contributed by atoms with Crippen molar-refractivity contribution in [1.29, 1.82) is 0 Å². The zero-order valence-corrected chi connectivity index (χ0v) is 25.6. The number of carbonyl (C=O) groups excluding carboxylic acids is 5. The van der Waals surface area contributed by atoms with E-state index in [0.29, 0.717) is 32.2 Å². The number of primary amides is 1. The van der Waals surface area contributed by atoms with Crippen molar-refractivity contribution in [2.75, 3.05) is 6.54 Å². The van der Waals surface area contributed by atoms with Gasteiger partial charge in [0.25, 0.3) is 5.91 Å². The number of nitrogens with one attached hydrogen (secondary N) is 3. The number of rotatable bonds is 11. The van der Waals surface area contributed by atoms with Crippen LogP contribution in [-0.4, -0.2) is 69.8 Å². The molecule has 1 aromatic carbocycles. The van der Waals surface area contributed by atoms with Crippen molar-refractivity contribution in [3.8, 4) is 5.75 Å². The van der Waals surface area contributed by atoms with E-state index in [1.54, 1.807) is 12.1 Å². The molecule has 1 aromatic rings. The summed E-state index contributed by atoms with van der Waals surface area (Å²) in [5.41, 5.74) is 4.76. The number of nitrogens with two attached hydrogens (primary N) is 1. The van der Waals surface area contributed by atoms with E-state index in [2.05, 4.69) is 16.0 Å². The van der Waals surface area contributed by atoms with Crippen LogP contribution < -0.4 is 21.7 Å². The lowest BCUT2D eigenvalue weighted by molar-refractivity contribution is -0.143. The SMILES string of the molecule is CC(C)(C)C(NC(=O)NC1(Cc2ccccc2O)CCCCC1)C(=O)N1CCC[C@H]1C(=O)NC(CC1CC1)C(=O)C(N)=O. The summed E-state index contributed by atoms with van der Waals surface area (Å²) in [7, 11) is 0. The average molecular weight is 598 g/mol. The van der Waals surface area contributed by atoms with E-state index in [4.69, 9.17) is 5.73 Å². The lowest BCUT2D eigenvalue weighted by Gasteiger charge is -2.40. The highest BCUT2D eigenvalue weighted by molar-refractivity contribution is 6.37. The molecule has 0 bridgehead atoms. The zero-order valence-electron chi connectivity index (χ0n) is 25.6. The fraction of sp³-hybridized carbons (Fsp3) is 0.656. The number of Topliss-reactive ketones (excluding diaryl/α,β-unsaturated/α-hetero) is 1. The first kappa shape index (κ1) is 32.3. The van der Waals surface area contributed by atoms with Gasteiger partial charge in [0, 0.05) is 12.1 Å². The van der Waals surface area contributed by atoms with E-state index >= 15 is 0 Å². The highest BCUT2D eigenvalue weighted by Crippen LogP contribution is 2.35. The maximum atomic E-state index is 14.0. The van der Waals surface area contributed by atoms with Gasteiger partial charge in [-0.2, -0.15) is 0 Å². The van der Waals surface area contributed by atoms with Gasteiger partial charge in [-0.1, -0.05) is 71.1 Å². The van der Waals surface area contributed by atoms with Crippen LogP contribution in [0.15, 0.2) is 24.3 Å². The Morgan fingerprint density at radius 3 is 2.28 bits per heavy atom. The summed E-state index contributed by atoms with van der Waals surface area (Å²) in [5, 5.41) is 19.2. The quantitative estimate of drug-likeness (QED) is 0.246. The van der Waals surface area contributed by atoms with Crippen LogP contribution in [0.2, 0.25) is 0 Å². The molecular weight excluding hydrogens is 550 g/mol. The number of urea groups is 1. The molecule has 0 aromatic heterocycles. The molecule has 5 amide bonds. The summed E-state index contributed by atoms with van der Waals surface area (Å²) in [6, 6.07) is 3.90. The van der Waals surface area contributed by atoms with Crippen molar-refractivity contribution in [2.45, 2.75) is 115 Å². The van der Waals surface area contributed by atoms with Crippen molar-refractivity contribution >= 4 is 29.5 Å². The van der Waals surface area contributed by atoms with Gasteiger partial charge in [-0.3, -0.25) is 19.2 Å². The van der Waals surface area contributed by atoms with Gasteiger partial charge >= 0.3 is 6.03 Å². The van der Waals surface area contributed by atoms with E-state index in [0.717, 1.165) is 50.5 Å². The topological polar surface area (TPSA) is 171 Å². The number of amides is 5. The summed E-state index contributed by atoms with van der Waals surface area (Å²) >= 11 is 0. The molecule has 3 atom stereocenters. The summed E-state index contributed by atoms with van der Waals surface area (Å²) in [6.45, 7) is 5.91. The second kappa shape index (κ2) is 13.3. The molecule has 4 rings (SSSR count). The number of hydrogen-bond donors (Lipinski definition) is 5. The van der Waals surface area contributed by atoms with Gasteiger partial charge in [-0.25, -0.2) is 4.79 Å². The highest BCUT2D eigenvalue weighted by Gasteiger charge is 2.44. The molecule has 11 nitrogen and oxygen atoms in total. The van der Waals surface area contributed by atoms with Gasteiger partial charge < -0.3 is 31.7 Å². The number of benzene rings is 1. The van der Waals surface area contributed by atoms with Gasteiger partial charge in [0.1, 0.15) is 17.8 Å². The Kier molecular flexibility index (Phi) is 10.0. The largest absolute Gasteiger partial charge is 0.508 e. The van der Waals surface area contributed by atoms with Crippen LogP contribution in [0.5, 0.6) is 5.75 Å². The lowest BCUT2D eigenvalue weighted by atomic mass is 9.77. The standard InChI is InChI=1S/C32H47N5O6/c1-31(2,3)26(35-30(43)36-32(15-7-4-8-16-32)19-21-10-5-6-12-24(21)38)29(42)37-17-9-11-23(37)28(41)34-22(18-20-13-14-20)25(39)27(33)40/h5-6,10,12,20,22-23,26,38H,4,7-9,11,13-19H2,1-3H3,(H2,33,40)(H,34,41)(H2,35,36,43)/t22?,23-,26?/m0/s1. The second-order valence-electron chi connectivity index (χ2n) is 13.7. The summed E-state index contributed by atoms with van der Waals surface area (Å²) < 4.78 is 0. The molecule has 1 aliphatic heterocycles. The van der Waals surface area contributed by atoms with Crippen molar-refractivity contribution in [3.05, 3.63) is 29.8 Å². The monoisotopic (exact) mass is 597 g/mol. The molecular formula is C32H47N5O6. The fourth-order valence-corrected chi connectivity index (χ4v) is 6.48. The molecule has 0 spiro atoms. The number of carbonyl (C=O) groups is 5. The Bertz CT molecular complexity index is 1220. The summed E-state index contributed by atoms with van der Waals surface area (Å²) in [5.74, 6) is -2.34. The number of hydrogen-bond acceptors (Lipinski definition) is 6. The number of phenols is 1. The van der Waals surface area contributed by atoms with E-state index < -0.39 is 52.7 Å². The van der Waals surface area contributed by atoms with Gasteiger partial charge in [0.2, 0.25) is 17.6 Å². The molecule has 11 heteroatoms. The highest BCUT2D eigenvalue weighted by atomic mass is 16.3. The van der Waals surface area contributed by atoms with Gasteiger partial charge in [0.05, 0.1) is 6.04 Å². The van der Waals surface area contributed by atoms with Crippen LogP contribution in [0.25, 0.3) is 0 Å². The zero-order chi connectivity index (χ0) is 31.4. The van der Waals surface area contributed by atoms with Crippen LogP contribution in [-0.2, 0) is 25.6 Å². The Morgan fingerprint density at radius 2 is 1.67 bits per heavy atom. The van der Waals surface area contributed by atoms with Crippen molar-refractivity contribution < 1.29 is 29.1 Å². The molecule has 2 unspecified atom stereocenters. The molecule has 43 heavy (non-hydrogen) atoms. The predicted molar refractivity (Wildman–Crippen MR) is 161 cm³/mol. The maximum absolute atomic E-state index is 14.0. The van der Waals surface area contributed by atoms with E-state index in [1.807, 2.05) is 32.9 Å². The number of nitrogens with zero attached hydrogens (tertiary/aromatic N) is 1. The first-order valence-corrected chi connectivity index (χ1v) is 15.6. The van der Waals surface area contributed by atoms with Gasteiger partial charge in [0.15, 0.2) is 0 Å². The molecule has 1 heterocycles. The van der Waals surface area contributed by atoms with E-state index in [-0.39, 0.29) is 17.6 Å². The van der Waals surface area contributed by atoms with Crippen molar-refractivity contribution in [1.82, 2.24) is 20.9 Å². The molecule has 1 saturated heterocycles. The fourth-order valence-electron chi connectivity index (χ4n) is 6.48. The number of likely N-dealkylation sites (tertiary alicyclic amines) is 1. The molecule has 6 N–H and O–H groups in total. The number of para-hydroxylation sites is 1. The third kappa shape index (κ3) is 8.26. The third-order valence-electron chi connectivity index (χ3n) is 9.08. The molecule has 0 radical (unpaired) electrons. The van der Waals surface area contributed by atoms with E-state index in [9.17, 15) is 29.1 Å². The minimum Gasteiger partial charge on any atom is -0.508 e. The van der Waals surface area contributed by atoms with Crippen LogP contribution in [0.3, 0.4) is 0 Å². The third-order valence-corrected chi connectivity index (χ3v) is 9.08.